The van der Waals surface area contributed by atoms with Crippen molar-refractivity contribution < 1.29 is 23.2 Å². The molecule has 0 amide bonds. The number of nitrogens with two attached hydrogens (primary N) is 1. The molecule has 0 saturated heterocycles. The van der Waals surface area contributed by atoms with Gasteiger partial charge in [-0.05, 0) is 42.2 Å². The highest BCUT2D eigenvalue weighted by Crippen LogP contribution is 2.24. The van der Waals surface area contributed by atoms with Crippen molar-refractivity contribution in [2.75, 3.05) is 11.9 Å². The van der Waals surface area contributed by atoms with Crippen LogP contribution in [0.3, 0.4) is 0 Å². The zero-order valence-corrected chi connectivity index (χ0v) is 16.1. The second kappa shape index (κ2) is 10.1. The van der Waals surface area contributed by atoms with Crippen molar-refractivity contribution in [1.82, 2.24) is 0 Å². The molecule has 0 saturated carbocycles. The van der Waals surface area contributed by atoms with Crippen LogP contribution in [-0.2, 0) is 12.8 Å². The molecule has 1 atom stereocenters. The molecular formula is C23H27ClN2O. The van der Waals surface area contributed by atoms with Crippen LogP contribution in [0.4, 0.5) is 5.69 Å². The van der Waals surface area contributed by atoms with Crippen LogP contribution in [0.25, 0.3) is 5.70 Å². The van der Waals surface area contributed by atoms with E-state index >= 15 is 0 Å². The number of para-hydroxylation sites is 1. The fraction of sp³-hybridized carbons (Fsp3) is 0.217. The van der Waals surface area contributed by atoms with Gasteiger partial charge in [-0.15, -0.1) is 0 Å². The largest absolute Gasteiger partial charge is 1.00 e. The highest BCUT2D eigenvalue weighted by atomic mass is 35.5. The lowest BCUT2D eigenvalue weighted by Gasteiger charge is -2.24. The summed E-state index contributed by atoms with van der Waals surface area (Å²) in [7, 11) is 0. The van der Waals surface area contributed by atoms with Crippen LogP contribution in [0.1, 0.15) is 23.1 Å². The van der Waals surface area contributed by atoms with Crippen LogP contribution >= 0.6 is 0 Å². The molecule has 0 bridgehead atoms. The van der Waals surface area contributed by atoms with E-state index in [1.165, 1.54) is 28.1 Å². The van der Waals surface area contributed by atoms with E-state index in [4.69, 9.17) is 0 Å². The average molecular weight is 383 g/mol. The second-order valence-corrected chi connectivity index (χ2v) is 6.74. The standard InChI is InChI=1S/C23H24N2.ClH.H2O/c1(2-10-20-15-14-19-9-5-7-12-22(19)25-20)3-13-23-21-11-6-4-8-18(21)16-17-24-23;;/h1-13,20,24-25H,14-17H2;1H;1H2/b3-1+,10-2+,23-13+;;. The number of fused-ring (bicyclic) bond motifs is 2. The number of hydrogen-bond acceptors (Lipinski definition) is 1. The predicted octanol–water partition coefficient (Wildman–Crippen LogP) is -0.134. The molecule has 2 aromatic rings. The maximum absolute atomic E-state index is 3.61. The molecule has 5 N–H and O–H groups in total. The minimum atomic E-state index is 0. The summed E-state index contributed by atoms with van der Waals surface area (Å²) < 4.78 is 0. The van der Waals surface area contributed by atoms with Crippen molar-refractivity contribution in [3.63, 3.8) is 0 Å². The Morgan fingerprint density at radius 2 is 1.67 bits per heavy atom. The number of benzene rings is 2. The lowest BCUT2D eigenvalue weighted by atomic mass is 9.97. The number of quaternary nitrogens is 1. The molecule has 2 heterocycles. The Balaban J connectivity index is 0.00000131. The second-order valence-electron chi connectivity index (χ2n) is 6.74. The van der Waals surface area contributed by atoms with E-state index in [1.807, 2.05) is 0 Å². The normalized spacial score (nSPS) is 19.7. The third-order valence-electron chi connectivity index (χ3n) is 5.03. The van der Waals surface area contributed by atoms with Crippen LogP contribution in [0, 0.1) is 0 Å². The smallest absolute Gasteiger partial charge is 0.137 e. The zero-order valence-electron chi connectivity index (χ0n) is 15.4. The fourth-order valence-corrected chi connectivity index (χ4v) is 3.70. The first-order valence-electron chi connectivity index (χ1n) is 9.21. The van der Waals surface area contributed by atoms with Gasteiger partial charge in [-0.25, -0.2) is 0 Å². The van der Waals surface area contributed by atoms with Gasteiger partial charge in [0.2, 0.25) is 0 Å². The van der Waals surface area contributed by atoms with Gasteiger partial charge in [0.1, 0.15) is 5.70 Å². The minimum Gasteiger partial charge on any atom is -1.00 e. The van der Waals surface area contributed by atoms with Crippen LogP contribution in [0.15, 0.2) is 78.9 Å². The first-order valence-corrected chi connectivity index (χ1v) is 9.21. The van der Waals surface area contributed by atoms with Crippen molar-refractivity contribution in [1.29, 1.82) is 0 Å². The van der Waals surface area contributed by atoms with E-state index < -0.39 is 0 Å². The molecule has 2 aromatic carbocycles. The van der Waals surface area contributed by atoms with Gasteiger partial charge in [0.05, 0.1) is 6.54 Å². The summed E-state index contributed by atoms with van der Waals surface area (Å²) in [4.78, 5) is 0. The van der Waals surface area contributed by atoms with Gasteiger partial charge in [-0.1, -0.05) is 60.7 Å². The molecule has 27 heavy (non-hydrogen) atoms. The topological polar surface area (TPSA) is 60.1 Å². The van der Waals surface area contributed by atoms with E-state index in [0.717, 1.165) is 25.8 Å². The van der Waals surface area contributed by atoms with Gasteiger partial charge in [0.25, 0.3) is 0 Å². The first kappa shape index (κ1) is 21.0. The molecule has 4 heteroatoms. The molecule has 0 fully saturated rings. The molecule has 0 radical (unpaired) electrons. The highest BCUT2D eigenvalue weighted by molar-refractivity contribution is 5.63. The summed E-state index contributed by atoms with van der Waals surface area (Å²) >= 11 is 0. The summed E-state index contributed by atoms with van der Waals surface area (Å²) in [5, 5.41) is 5.95. The highest BCUT2D eigenvalue weighted by Gasteiger charge is 2.16. The number of anilines is 1. The SMILES string of the molecule is C(=C\C=C1\[NH2+]CCc2ccccc21)/C=C/C1CCc2ccccc2N1.O.[Cl-]. The maximum Gasteiger partial charge on any atom is 0.137 e. The monoisotopic (exact) mass is 382 g/mol. The molecule has 142 valence electrons. The molecule has 2 aliphatic rings. The Labute approximate surface area is 167 Å². The van der Waals surface area contributed by atoms with Crippen LogP contribution in [0.2, 0.25) is 0 Å². The molecular weight excluding hydrogens is 356 g/mol. The summed E-state index contributed by atoms with van der Waals surface area (Å²) in [5.74, 6) is 0. The van der Waals surface area contributed by atoms with Crippen LogP contribution in [-0.4, -0.2) is 18.1 Å². The molecule has 3 nitrogen and oxygen atoms in total. The van der Waals surface area contributed by atoms with Gasteiger partial charge in [-0.3, -0.25) is 0 Å². The minimum absolute atomic E-state index is 0. The third kappa shape index (κ3) is 5.10. The third-order valence-corrected chi connectivity index (χ3v) is 5.03. The van der Waals surface area contributed by atoms with Gasteiger partial charge in [-0.2, -0.15) is 0 Å². The molecule has 1 unspecified atom stereocenters. The van der Waals surface area contributed by atoms with Crippen LogP contribution in [0.5, 0.6) is 0 Å². The average Bonchev–Trinajstić information content (AvgIpc) is 2.68. The Hall–Kier alpha value is -2.33. The maximum atomic E-state index is 3.61. The van der Waals surface area contributed by atoms with E-state index in [0.29, 0.717) is 6.04 Å². The molecule has 0 aliphatic carbocycles. The van der Waals surface area contributed by atoms with Crippen molar-refractivity contribution in [3.8, 4) is 0 Å². The van der Waals surface area contributed by atoms with Crippen molar-refractivity contribution in [2.24, 2.45) is 0 Å². The summed E-state index contributed by atoms with van der Waals surface area (Å²) in [5.41, 5.74) is 6.90. The number of allylic oxidation sites excluding steroid dienone is 4. The Bertz CT molecular complexity index is 842. The van der Waals surface area contributed by atoms with Gasteiger partial charge >= 0.3 is 0 Å². The summed E-state index contributed by atoms with van der Waals surface area (Å²) in [6.45, 7) is 1.14. The Morgan fingerprint density at radius 1 is 0.889 bits per heavy atom. The predicted molar refractivity (Wildman–Crippen MR) is 109 cm³/mol. The number of halogens is 1. The number of nitrogens with one attached hydrogen (secondary N) is 1. The van der Waals surface area contributed by atoms with Crippen molar-refractivity contribution in [3.05, 3.63) is 95.6 Å². The molecule has 0 aromatic heterocycles. The van der Waals surface area contributed by atoms with Gasteiger partial charge < -0.3 is 28.5 Å². The van der Waals surface area contributed by atoms with Crippen molar-refractivity contribution >= 4 is 11.4 Å². The van der Waals surface area contributed by atoms with Crippen LogP contribution < -0.4 is 23.0 Å². The quantitative estimate of drug-likeness (QED) is 0.713. The molecule has 2 aliphatic heterocycles. The first-order chi connectivity index (χ1) is 12.4. The fourth-order valence-electron chi connectivity index (χ4n) is 3.70. The van der Waals surface area contributed by atoms with Gasteiger partial charge in [0.15, 0.2) is 0 Å². The number of hydrogen-bond donors (Lipinski definition) is 2. The van der Waals surface area contributed by atoms with E-state index in [-0.39, 0.29) is 17.9 Å². The number of aryl methyl sites for hydroxylation is 1. The summed E-state index contributed by atoms with van der Waals surface area (Å²) in [6, 6.07) is 17.8. The molecule has 4 rings (SSSR count). The molecule has 0 spiro atoms. The van der Waals surface area contributed by atoms with E-state index in [1.54, 1.807) is 0 Å². The Morgan fingerprint density at radius 3 is 2.56 bits per heavy atom. The zero-order chi connectivity index (χ0) is 16.9. The van der Waals surface area contributed by atoms with E-state index in [9.17, 15) is 0 Å². The van der Waals surface area contributed by atoms with Gasteiger partial charge in [0, 0.05) is 23.7 Å². The van der Waals surface area contributed by atoms with Crippen molar-refractivity contribution in [2.45, 2.75) is 25.3 Å². The lowest BCUT2D eigenvalue weighted by molar-refractivity contribution is -0.564. The number of rotatable bonds is 3. The van der Waals surface area contributed by atoms with E-state index in [2.05, 4.69) is 89.5 Å². The lowest BCUT2D eigenvalue weighted by Crippen LogP contribution is -3.00. The summed E-state index contributed by atoms with van der Waals surface area (Å²) in [6.07, 6.45) is 14.4. The Kier molecular flexibility index (Phi) is 7.86.